The van der Waals surface area contributed by atoms with Gasteiger partial charge in [0.05, 0.1) is 0 Å². The van der Waals surface area contributed by atoms with Crippen molar-refractivity contribution in [1.82, 2.24) is 0 Å². The van der Waals surface area contributed by atoms with E-state index in [-0.39, 0.29) is 6.61 Å². The number of hydrogen-bond donors (Lipinski definition) is 2. The molecular weight excluding hydrogens is 202 g/mol. The van der Waals surface area contributed by atoms with Crippen LogP contribution in [-0.4, -0.2) is 29.9 Å². The summed E-state index contributed by atoms with van der Waals surface area (Å²) in [6.07, 6.45) is 2.02. The van der Waals surface area contributed by atoms with Gasteiger partial charge in [0.25, 0.3) is 0 Å². The maximum absolute atomic E-state index is 9.56. The molecule has 1 aromatic carbocycles. The summed E-state index contributed by atoms with van der Waals surface area (Å²) in [4.78, 5) is 2.28. The number of nitrogens with zero attached hydrogens (tertiary/aromatic N) is 1. The Morgan fingerprint density at radius 1 is 1.38 bits per heavy atom. The van der Waals surface area contributed by atoms with Crippen LogP contribution in [0.2, 0.25) is 0 Å². The van der Waals surface area contributed by atoms with Crippen LogP contribution < -0.4 is 4.90 Å². The smallest absolute Gasteiger partial charge is 0.117 e. The highest BCUT2D eigenvalue weighted by atomic mass is 16.3. The number of rotatable bonds is 3. The maximum atomic E-state index is 9.56. The lowest BCUT2D eigenvalue weighted by Gasteiger charge is -2.19. The Morgan fingerprint density at radius 2 is 2.19 bits per heavy atom. The van der Waals surface area contributed by atoms with Crippen LogP contribution in [0.4, 0.5) is 5.69 Å². The van der Waals surface area contributed by atoms with Crippen molar-refractivity contribution in [2.45, 2.75) is 19.8 Å². The zero-order chi connectivity index (χ0) is 11.5. The minimum absolute atomic E-state index is 0.275. The Kier molecular flexibility index (Phi) is 3.34. The van der Waals surface area contributed by atoms with E-state index in [1.165, 1.54) is 0 Å². The van der Waals surface area contributed by atoms with Gasteiger partial charge in [-0.1, -0.05) is 0 Å². The van der Waals surface area contributed by atoms with Crippen LogP contribution in [0.15, 0.2) is 18.2 Å². The molecule has 1 aromatic rings. The summed E-state index contributed by atoms with van der Waals surface area (Å²) in [6.45, 7) is 4.28. The largest absolute Gasteiger partial charge is 0.508 e. The van der Waals surface area contributed by atoms with Crippen LogP contribution in [0, 0.1) is 12.8 Å². The van der Waals surface area contributed by atoms with E-state index in [2.05, 4.69) is 11.0 Å². The Hall–Kier alpha value is -1.22. The van der Waals surface area contributed by atoms with Gasteiger partial charge in [-0.15, -0.1) is 0 Å². The van der Waals surface area contributed by atoms with Gasteiger partial charge in [-0.25, -0.2) is 0 Å². The fourth-order valence-electron chi connectivity index (χ4n) is 2.41. The molecule has 3 nitrogen and oxygen atoms in total. The fourth-order valence-corrected chi connectivity index (χ4v) is 2.41. The normalized spacial score (nSPS) is 20.4. The van der Waals surface area contributed by atoms with Crippen molar-refractivity contribution >= 4 is 5.69 Å². The fraction of sp³-hybridized carbons (Fsp3) is 0.538. The molecule has 16 heavy (non-hydrogen) atoms. The third kappa shape index (κ3) is 2.47. The van der Waals surface area contributed by atoms with Gasteiger partial charge in [0.2, 0.25) is 0 Å². The predicted molar refractivity (Wildman–Crippen MR) is 64.9 cm³/mol. The molecule has 0 aromatic heterocycles. The number of hydrogen-bond acceptors (Lipinski definition) is 3. The summed E-state index contributed by atoms with van der Waals surface area (Å²) < 4.78 is 0. The highest BCUT2D eigenvalue weighted by molar-refractivity contribution is 5.53. The lowest BCUT2D eigenvalue weighted by molar-refractivity contribution is 0.263. The van der Waals surface area contributed by atoms with E-state index in [1.807, 2.05) is 13.0 Å². The molecule has 0 aliphatic carbocycles. The summed E-state index contributed by atoms with van der Waals surface area (Å²) in [6, 6.07) is 5.68. The van der Waals surface area contributed by atoms with Crippen molar-refractivity contribution in [3.63, 3.8) is 0 Å². The first kappa shape index (κ1) is 11.3. The molecule has 0 bridgehead atoms. The molecular formula is C13H19NO2. The van der Waals surface area contributed by atoms with Crippen molar-refractivity contribution in [2.24, 2.45) is 5.92 Å². The molecule has 2 N–H and O–H groups in total. The molecule has 0 saturated carbocycles. The second-order valence-electron chi connectivity index (χ2n) is 4.64. The molecule has 1 heterocycles. The number of phenolic OH excluding ortho intramolecular Hbond substituents is 1. The van der Waals surface area contributed by atoms with Gasteiger partial charge >= 0.3 is 0 Å². The Labute approximate surface area is 96.3 Å². The topological polar surface area (TPSA) is 43.7 Å². The summed E-state index contributed by atoms with van der Waals surface area (Å²) in [5, 5.41) is 18.5. The van der Waals surface area contributed by atoms with Gasteiger partial charge in [0, 0.05) is 31.5 Å². The Balaban J connectivity index is 2.08. The number of anilines is 1. The number of aliphatic hydroxyl groups excluding tert-OH is 1. The first-order valence-electron chi connectivity index (χ1n) is 5.85. The van der Waals surface area contributed by atoms with Gasteiger partial charge in [-0.05, 0) is 43.4 Å². The summed E-state index contributed by atoms with van der Waals surface area (Å²) >= 11 is 0. The molecule has 1 unspecified atom stereocenters. The average Bonchev–Trinajstić information content (AvgIpc) is 2.65. The third-order valence-corrected chi connectivity index (χ3v) is 3.24. The van der Waals surface area contributed by atoms with E-state index in [1.54, 1.807) is 6.07 Å². The average molecular weight is 221 g/mol. The second-order valence-corrected chi connectivity index (χ2v) is 4.64. The van der Waals surface area contributed by atoms with Gasteiger partial charge in [-0.2, -0.15) is 0 Å². The zero-order valence-electron chi connectivity index (χ0n) is 9.69. The third-order valence-electron chi connectivity index (χ3n) is 3.24. The monoisotopic (exact) mass is 221 g/mol. The summed E-state index contributed by atoms with van der Waals surface area (Å²) in [5.41, 5.74) is 2.18. The minimum atomic E-state index is 0.275. The van der Waals surface area contributed by atoms with Crippen LogP contribution in [0.25, 0.3) is 0 Å². The molecule has 0 radical (unpaired) electrons. The van der Waals surface area contributed by atoms with E-state index in [0.29, 0.717) is 11.7 Å². The van der Waals surface area contributed by atoms with Crippen LogP contribution in [-0.2, 0) is 0 Å². The molecule has 1 fully saturated rings. The van der Waals surface area contributed by atoms with Crippen molar-refractivity contribution in [3.05, 3.63) is 23.8 Å². The quantitative estimate of drug-likeness (QED) is 0.819. The highest BCUT2D eigenvalue weighted by Gasteiger charge is 2.22. The van der Waals surface area contributed by atoms with E-state index >= 15 is 0 Å². The molecule has 1 saturated heterocycles. The zero-order valence-corrected chi connectivity index (χ0v) is 9.69. The molecule has 1 aliphatic rings. The number of aliphatic hydroxyl groups is 1. The molecule has 0 spiro atoms. The van der Waals surface area contributed by atoms with E-state index in [0.717, 1.165) is 37.2 Å². The van der Waals surface area contributed by atoms with Crippen LogP contribution in [0.1, 0.15) is 18.4 Å². The van der Waals surface area contributed by atoms with Crippen molar-refractivity contribution in [3.8, 4) is 5.75 Å². The first-order chi connectivity index (χ1) is 7.69. The number of phenols is 1. The Bertz CT molecular complexity index is 345. The standard InChI is InChI=1S/C13H19NO2/c1-10-6-12(8-13(16)7-10)14-4-2-11(9-14)3-5-15/h6-8,11,15-16H,2-5,9H2,1H3. The molecule has 1 atom stereocenters. The van der Waals surface area contributed by atoms with Crippen molar-refractivity contribution in [1.29, 1.82) is 0 Å². The van der Waals surface area contributed by atoms with E-state index in [9.17, 15) is 5.11 Å². The molecule has 0 amide bonds. The second kappa shape index (κ2) is 4.74. The van der Waals surface area contributed by atoms with Gasteiger partial charge < -0.3 is 15.1 Å². The molecule has 1 aliphatic heterocycles. The van der Waals surface area contributed by atoms with Crippen LogP contribution in [0.3, 0.4) is 0 Å². The highest BCUT2D eigenvalue weighted by Crippen LogP contribution is 2.28. The van der Waals surface area contributed by atoms with Gasteiger partial charge in [0.15, 0.2) is 0 Å². The lowest BCUT2D eigenvalue weighted by atomic mass is 10.1. The molecule has 88 valence electrons. The molecule has 3 heteroatoms. The number of aromatic hydroxyl groups is 1. The summed E-state index contributed by atoms with van der Waals surface area (Å²) in [7, 11) is 0. The van der Waals surface area contributed by atoms with E-state index < -0.39 is 0 Å². The van der Waals surface area contributed by atoms with E-state index in [4.69, 9.17) is 5.11 Å². The number of benzene rings is 1. The number of aryl methyl sites for hydroxylation is 1. The van der Waals surface area contributed by atoms with Crippen molar-refractivity contribution < 1.29 is 10.2 Å². The van der Waals surface area contributed by atoms with Gasteiger partial charge in [0.1, 0.15) is 5.75 Å². The lowest BCUT2D eigenvalue weighted by Crippen LogP contribution is -2.19. The minimum Gasteiger partial charge on any atom is -0.508 e. The summed E-state index contributed by atoms with van der Waals surface area (Å²) in [5.74, 6) is 0.924. The van der Waals surface area contributed by atoms with Crippen molar-refractivity contribution in [2.75, 3.05) is 24.6 Å². The maximum Gasteiger partial charge on any atom is 0.117 e. The SMILES string of the molecule is Cc1cc(O)cc(N2CCC(CCO)C2)c1. The van der Waals surface area contributed by atoms with Gasteiger partial charge in [-0.3, -0.25) is 0 Å². The van der Waals surface area contributed by atoms with Crippen LogP contribution >= 0.6 is 0 Å². The Morgan fingerprint density at radius 3 is 2.88 bits per heavy atom. The van der Waals surface area contributed by atoms with Crippen LogP contribution in [0.5, 0.6) is 5.75 Å². The molecule has 2 rings (SSSR count). The first-order valence-corrected chi connectivity index (χ1v) is 5.85. The predicted octanol–water partition coefficient (Wildman–Crippen LogP) is 1.91.